The Morgan fingerprint density at radius 2 is 1.65 bits per heavy atom. The molecule has 2 aromatic carbocycles. The Morgan fingerprint density at radius 3 is 2.50 bits per heavy atom. The molecule has 20 heavy (non-hydrogen) atoms. The topological polar surface area (TPSA) is 46.3 Å². The summed E-state index contributed by atoms with van der Waals surface area (Å²) < 4.78 is 5.53. The minimum atomic E-state index is 0.227. The molecule has 0 spiro atoms. The van der Waals surface area contributed by atoms with Gasteiger partial charge in [-0.05, 0) is 30.5 Å². The van der Waals surface area contributed by atoms with Crippen LogP contribution in [-0.4, -0.2) is 10.3 Å². The number of aromatic nitrogens is 1. The normalized spacial score (nSPS) is 12.8. The number of aromatic hydroxyl groups is 1. The Morgan fingerprint density at radius 1 is 0.900 bits per heavy atom. The molecule has 1 aromatic heterocycles. The van der Waals surface area contributed by atoms with E-state index in [1.54, 1.807) is 12.1 Å². The fourth-order valence-corrected chi connectivity index (χ4v) is 2.86. The van der Waals surface area contributed by atoms with Crippen LogP contribution in [0.2, 0.25) is 0 Å². The molecule has 0 radical (unpaired) electrons. The highest BCUT2D eigenvalue weighted by Gasteiger charge is 2.25. The molecule has 0 saturated heterocycles. The maximum absolute atomic E-state index is 9.99. The van der Waals surface area contributed by atoms with E-state index >= 15 is 0 Å². The molecule has 0 aliphatic heterocycles. The van der Waals surface area contributed by atoms with E-state index in [0.29, 0.717) is 11.3 Å². The molecule has 0 atom stereocenters. The summed E-state index contributed by atoms with van der Waals surface area (Å²) in [4.78, 5) is 0. The van der Waals surface area contributed by atoms with Gasteiger partial charge < -0.3 is 9.63 Å². The molecule has 3 heteroatoms. The zero-order valence-corrected chi connectivity index (χ0v) is 10.8. The number of aryl methyl sites for hydroxylation is 1. The summed E-state index contributed by atoms with van der Waals surface area (Å²) in [6.07, 6.45) is 1.87. The van der Waals surface area contributed by atoms with Crippen molar-refractivity contribution in [3.05, 3.63) is 59.7 Å². The lowest BCUT2D eigenvalue weighted by Crippen LogP contribution is -2.03. The number of hydrogen-bond acceptors (Lipinski definition) is 3. The molecular weight excluding hydrogens is 250 g/mol. The van der Waals surface area contributed by atoms with Gasteiger partial charge in [0, 0.05) is 11.1 Å². The zero-order chi connectivity index (χ0) is 13.5. The molecule has 0 amide bonds. The van der Waals surface area contributed by atoms with Gasteiger partial charge in [0.25, 0.3) is 0 Å². The van der Waals surface area contributed by atoms with Gasteiger partial charge in [-0.2, -0.15) is 0 Å². The highest BCUT2D eigenvalue weighted by Crippen LogP contribution is 2.40. The van der Waals surface area contributed by atoms with Gasteiger partial charge in [0.1, 0.15) is 11.4 Å². The van der Waals surface area contributed by atoms with Gasteiger partial charge in [0.2, 0.25) is 0 Å². The second kappa shape index (κ2) is 4.23. The number of phenols is 1. The van der Waals surface area contributed by atoms with Crippen molar-refractivity contribution in [2.24, 2.45) is 0 Å². The van der Waals surface area contributed by atoms with Crippen LogP contribution in [0.4, 0.5) is 0 Å². The number of benzene rings is 2. The lowest BCUT2D eigenvalue weighted by atomic mass is 9.88. The fraction of sp³-hybridized carbons (Fsp3) is 0.118. The highest BCUT2D eigenvalue weighted by atomic mass is 16.5. The first kappa shape index (κ1) is 11.3. The van der Waals surface area contributed by atoms with Crippen LogP contribution in [0.5, 0.6) is 5.75 Å². The fourth-order valence-electron chi connectivity index (χ4n) is 2.86. The first-order chi connectivity index (χ1) is 9.84. The van der Waals surface area contributed by atoms with E-state index in [9.17, 15) is 5.11 Å². The number of nitrogens with zero attached hydrogens (tertiary/aromatic N) is 1. The summed E-state index contributed by atoms with van der Waals surface area (Å²) in [6.45, 7) is 0. The third-order valence-electron chi connectivity index (χ3n) is 3.85. The molecule has 1 heterocycles. The van der Waals surface area contributed by atoms with Crippen LogP contribution in [0.15, 0.2) is 53.1 Å². The van der Waals surface area contributed by atoms with E-state index in [-0.39, 0.29) is 5.75 Å². The zero-order valence-electron chi connectivity index (χ0n) is 10.8. The summed E-state index contributed by atoms with van der Waals surface area (Å²) in [6, 6.07) is 15.5. The molecule has 3 aromatic rings. The van der Waals surface area contributed by atoms with Gasteiger partial charge in [0.15, 0.2) is 5.76 Å². The monoisotopic (exact) mass is 263 g/mol. The molecule has 0 fully saturated rings. The molecule has 0 unspecified atom stereocenters. The molecule has 3 nitrogen and oxygen atoms in total. The lowest BCUT2D eigenvalue weighted by molar-refractivity contribution is 0.428. The van der Waals surface area contributed by atoms with E-state index in [2.05, 4.69) is 17.3 Å². The first-order valence-electron chi connectivity index (χ1n) is 6.70. The average molecular weight is 263 g/mol. The van der Waals surface area contributed by atoms with Gasteiger partial charge in [0.05, 0.1) is 5.56 Å². The molecule has 4 rings (SSSR count). The highest BCUT2D eigenvalue weighted by molar-refractivity contribution is 5.78. The van der Waals surface area contributed by atoms with Crippen LogP contribution in [0, 0.1) is 0 Å². The summed E-state index contributed by atoms with van der Waals surface area (Å²) in [5, 5.41) is 14.2. The van der Waals surface area contributed by atoms with E-state index in [0.717, 1.165) is 29.7 Å². The Bertz CT molecular complexity index is 789. The van der Waals surface area contributed by atoms with Gasteiger partial charge in [-0.15, -0.1) is 0 Å². The summed E-state index contributed by atoms with van der Waals surface area (Å²) in [7, 11) is 0. The SMILES string of the molecule is Oc1ccccc1-c1onc2c1CCc1ccccc1-2. The van der Waals surface area contributed by atoms with Crippen molar-refractivity contribution in [1.82, 2.24) is 5.16 Å². The molecule has 1 N–H and O–H groups in total. The lowest BCUT2D eigenvalue weighted by Gasteiger charge is -2.14. The molecule has 1 aliphatic carbocycles. The number of hydrogen-bond donors (Lipinski definition) is 1. The van der Waals surface area contributed by atoms with Crippen molar-refractivity contribution in [1.29, 1.82) is 0 Å². The van der Waals surface area contributed by atoms with E-state index < -0.39 is 0 Å². The Labute approximate surface area is 116 Å². The van der Waals surface area contributed by atoms with Crippen LogP contribution in [0.25, 0.3) is 22.6 Å². The van der Waals surface area contributed by atoms with E-state index in [1.807, 2.05) is 24.3 Å². The first-order valence-corrected chi connectivity index (χ1v) is 6.70. The summed E-state index contributed by atoms with van der Waals surface area (Å²) >= 11 is 0. The minimum absolute atomic E-state index is 0.227. The van der Waals surface area contributed by atoms with Crippen molar-refractivity contribution < 1.29 is 9.63 Å². The number of rotatable bonds is 1. The van der Waals surface area contributed by atoms with Crippen LogP contribution < -0.4 is 0 Å². The van der Waals surface area contributed by atoms with Crippen molar-refractivity contribution in [3.63, 3.8) is 0 Å². The second-order valence-corrected chi connectivity index (χ2v) is 5.01. The molecule has 1 aliphatic rings. The van der Waals surface area contributed by atoms with Gasteiger partial charge in [-0.3, -0.25) is 0 Å². The second-order valence-electron chi connectivity index (χ2n) is 5.01. The summed E-state index contributed by atoms with van der Waals surface area (Å²) in [5.41, 5.74) is 5.15. The molecule has 98 valence electrons. The van der Waals surface area contributed by atoms with Crippen molar-refractivity contribution in [2.75, 3.05) is 0 Å². The van der Waals surface area contributed by atoms with Crippen molar-refractivity contribution >= 4 is 0 Å². The largest absolute Gasteiger partial charge is 0.507 e. The molecule has 0 bridgehead atoms. The third kappa shape index (κ3) is 1.56. The summed E-state index contributed by atoms with van der Waals surface area (Å²) in [5.74, 6) is 0.915. The maximum atomic E-state index is 9.99. The number of para-hydroxylation sites is 1. The van der Waals surface area contributed by atoms with Gasteiger partial charge >= 0.3 is 0 Å². The Kier molecular flexibility index (Phi) is 2.39. The van der Waals surface area contributed by atoms with E-state index in [4.69, 9.17) is 4.52 Å². The van der Waals surface area contributed by atoms with Crippen LogP contribution >= 0.6 is 0 Å². The maximum Gasteiger partial charge on any atom is 0.174 e. The quantitative estimate of drug-likeness (QED) is 0.726. The van der Waals surface area contributed by atoms with Crippen LogP contribution in [-0.2, 0) is 12.8 Å². The average Bonchev–Trinajstić information content (AvgIpc) is 2.92. The Hall–Kier alpha value is -2.55. The van der Waals surface area contributed by atoms with Crippen molar-refractivity contribution in [3.8, 4) is 28.3 Å². The smallest absolute Gasteiger partial charge is 0.174 e. The minimum Gasteiger partial charge on any atom is -0.507 e. The molecule has 0 saturated carbocycles. The van der Waals surface area contributed by atoms with Crippen molar-refractivity contribution in [2.45, 2.75) is 12.8 Å². The predicted octanol–water partition coefficient (Wildman–Crippen LogP) is 3.81. The van der Waals surface area contributed by atoms with Gasteiger partial charge in [-0.1, -0.05) is 41.6 Å². The van der Waals surface area contributed by atoms with Gasteiger partial charge in [-0.25, -0.2) is 0 Å². The van der Waals surface area contributed by atoms with Crippen LogP contribution in [0.3, 0.4) is 0 Å². The van der Waals surface area contributed by atoms with E-state index in [1.165, 1.54) is 5.56 Å². The third-order valence-corrected chi connectivity index (χ3v) is 3.85. The Balaban J connectivity index is 1.92. The standard InChI is InChI=1S/C17H13NO2/c19-15-8-4-3-7-13(15)17-14-10-9-11-5-1-2-6-12(11)16(14)18-20-17/h1-8,19H,9-10H2. The number of fused-ring (bicyclic) bond motifs is 3. The predicted molar refractivity (Wildman–Crippen MR) is 76.4 cm³/mol. The van der Waals surface area contributed by atoms with Crippen LogP contribution in [0.1, 0.15) is 11.1 Å². The number of phenolic OH excluding ortho intramolecular Hbond substituents is 1. The molecular formula is C17H13NO2.